The van der Waals surface area contributed by atoms with Crippen molar-refractivity contribution in [2.75, 3.05) is 4.90 Å². The fraction of sp³-hybridized carbons (Fsp3) is 0.0714. The second-order valence-electron chi connectivity index (χ2n) is 8.26. The standard InChI is InChI=1S/C28H21NO4/c1-28(19-8-14-22(30)15-9-19,20-10-16-23(31)17-11-20)18-6-12-21(13-7-18)29-26(32)24-4-2-3-5-25(24)27(29)33/h2-17,30-31H,1H3. The lowest BCUT2D eigenvalue weighted by atomic mass is 9.71. The number of carbonyl (C=O) groups is 2. The number of hydrogen-bond donors (Lipinski definition) is 2. The summed E-state index contributed by atoms with van der Waals surface area (Å²) >= 11 is 0. The van der Waals surface area contributed by atoms with E-state index in [4.69, 9.17) is 0 Å². The van der Waals surface area contributed by atoms with Gasteiger partial charge in [-0.05, 0) is 72.1 Å². The number of hydrogen-bond acceptors (Lipinski definition) is 4. The third-order valence-corrected chi connectivity index (χ3v) is 6.39. The van der Waals surface area contributed by atoms with Gasteiger partial charge >= 0.3 is 0 Å². The van der Waals surface area contributed by atoms with Crippen molar-refractivity contribution in [3.05, 3.63) is 125 Å². The number of anilines is 1. The Hall–Kier alpha value is -4.38. The molecule has 0 aromatic heterocycles. The van der Waals surface area contributed by atoms with Crippen molar-refractivity contribution >= 4 is 17.5 Å². The molecule has 2 amide bonds. The van der Waals surface area contributed by atoms with Gasteiger partial charge in [-0.25, -0.2) is 4.90 Å². The largest absolute Gasteiger partial charge is 0.508 e. The summed E-state index contributed by atoms with van der Waals surface area (Å²) < 4.78 is 0. The van der Waals surface area contributed by atoms with E-state index in [2.05, 4.69) is 6.92 Å². The number of nitrogens with zero attached hydrogens (tertiary/aromatic N) is 1. The van der Waals surface area contributed by atoms with Gasteiger partial charge in [0.25, 0.3) is 11.8 Å². The SMILES string of the molecule is CC(c1ccc(O)cc1)(c1ccc(O)cc1)c1ccc(N2C(=O)c3ccccc3C2=O)cc1. The van der Waals surface area contributed by atoms with Crippen molar-refractivity contribution in [3.63, 3.8) is 0 Å². The molecule has 0 unspecified atom stereocenters. The first kappa shape index (κ1) is 20.5. The molecule has 162 valence electrons. The number of phenolic OH excluding ortho intramolecular Hbond substituents is 2. The van der Waals surface area contributed by atoms with Crippen LogP contribution in [0.4, 0.5) is 5.69 Å². The molecular formula is C28H21NO4. The summed E-state index contributed by atoms with van der Waals surface area (Å²) in [6.45, 7) is 2.06. The molecule has 1 aliphatic heterocycles. The highest BCUT2D eigenvalue weighted by Crippen LogP contribution is 2.41. The van der Waals surface area contributed by atoms with Crippen LogP contribution in [-0.4, -0.2) is 22.0 Å². The van der Waals surface area contributed by atoms with Crippen LogP contribution in [0.15, 0.2) is 97.1 Å². The maximum Gasteiger partial charge on any atom is 0.266 e. The first-order valence-electron chi connectivity index (χ1n) is 10.6. The van der Waals surface area contributed by atoms with Crippen LogP contribution in [-0.2, 0) is 5.41 Å². The van der Waals surface area contributed by atoms with Gasteiger partial charge in [0, 0.05) is 5.41 Å². The number of fused-ring (bicyclic) bond motifs is 1. The Balaban J connectivity index is 1.58. The topological polar surface area (TPSA) is 77.8 Å². The monoisotopic (exact) mass is 435 g/mol. The second-order valence-corrected chi connectivity index (χ2v) is 8.26. The Morgan fingerprint density at radius 1 is 0.576 bits per heavy atom. The number of benzene rings is 4. The lowest BCUT2D eigenvalue weighted by Crippen LogP contribution is -2.30. The molecule has 5 rings (SSSR count). The van der Waals surface area contributed by atoms with Gasteiger partial charge in [0.2, 0.25) is 0 Å². The van der Waals surface area contributed by atoms with Crippen molar-refractivity contribution in [1.82, 2.24) is 0 Å². The number of phenols is 2. The molecule has 1 heterocycles. The lowest BCUT2D eigenvalue weighted by Gasteiger charge is -2.32. The van der Waals surface area contributed by atoms with Crippen LogP contribution in [0.2, 0.25) is 0 Å². The smallest absolute Gasteiger partial charge is 0.266 e. The highest BCUT2D eigenvalue weighted by atomic mass is 16.3. The van der Waals surface area contributed by atoms with Gasteiger partial charge in [0.1, 0.15) is 11.5 Å². The Morgan fingerprint density at radius 3 is 1.33 bits per heavy atom. The summed E-state index contributed by atoms with van der Waals surface area (Å²) in [5.41, 5.74) is 3.53. The molecule has 5 nitrogen and oxygen atoms in total. The van der Waals surface area contributed by atoms with Crippen molar-refractivity contribution < 1.29 is 19.8 Å². The highest BCUT2D eigenvalue weighted by molar-refractivity contribution is 6.34. The van der Waals surface area contributed by atoms with Gasteiger partial charge < -0.3 is 10.2 Å². The predicted molar refractivity (Wildman–Crippen MR) is 126 cm³/mol. The molecular weight excluding hydrogens is 414 g/mol. The van der Waals surface area contributed by atoms with E-state index in [9.17, 15) is 19.8 Å². The van der Waals surface area contributed by atoms with E-state index in [0.717, 1.165) is 16.7 Å². The summed E-state index contributed by atoms with van der Waals surface area (Å²) in [5.74, 6) is -0.313. The van der Waals surface area contributed by atoms with Gasteiger partial charge in [-0.3, -0.25) is 9.59 Å². The van der Waals surface area contributed by atoms with Gasteiger partial charge in [-0.1, -0.05) is 48.5 Å². The van der Waals surface area contributed by atoms with Gasteiger partial charge in [0.05, 0.1) is 16.8 Å². The van der Waals surface area contributed by atoms with E-state index in [1.807, 2.05) is 36.4 Å². The van der Waals surface area contributed by atoms with Crippen LogP contribution in [0.3, 0.4) is 0 Å². The molecule has 0 spiro atoms. The molecule has 2 N–H and O–H groups in total. The summed E-state index contributed by atoms with van der Waals surface area (Å²) in [6, 6.07) is 28.2. The lowest BCUT2D eigenvalue weighted by molar-refractivity contribution is 0.0926. The number of carbonyl (C=O) groups excluding carboxylic acids is 2. The summed E-state index contributed by atoms with van der Waals surface area (Å²) in [4.78, 5) is 26.9. The number of aromatic hydroxyl groups is 2. The van der Waals surface area contributed by atoms with E-state index < -0.39 is 5.41 Å². The number of rotatable bonds is 4. The molecule has 5 heteroatoms. The van der Waals surface area contributed by atoms with Gasteiger partial charge in [-0.15, -0.1) is 0 Å². The fourth-order valence-corrected chi connectivity index (χ4v) is 4.46. The van der Waals surface area contributed by atoms with Crippen LogP contribution < -0.4 is 4.90 Å². The normalized spacial score (nSPS) is 13.3. The molecule has 0 atom stereocenters. The minimum absolute atomic E-state index is 0.174. The molecule has 0 aliphatic carbocycles. The number of imide groups is 1. The summed E-state index contributed by atoms with van der Waals surface area (Å²) in [6.07, 6.45) is 0. The molecule has 0 saturated heterocycles. The second kappa shape index (κ2) is 7.64. The Kier molecular flexibility index (Phi) is 4.75. The summed E-state index contributed by atoms with van der Waals surface area (Å²) in [5, 5.41) is 19.6. The quantitative estimate of drug-likeness (QED) is 0.339. The summed E-state index contributed by atoms with van der Waals surface area (Å²) in [7, 11) is 0. The van der Waals surface area contributed by atoms with Gasteiger partial charge in [0.15, 0.2) is 0 Å². The zero-order valence-corrected chi connectivity index (χ0v) is 17.9. The maximum absolute atomic E-state index is 12.9. The van der Waals surface area contributed by atoms with Gasteiger partial charge in [-0.2, -0.15) is 0 Å². The Bertz CT molecular complexity index is 1280. The van der Waals surface area contributed by atoms with Crippen molar-refractivity contribution in [1.29, 1.82) is 0 Å². The highest BCUT2D eigenvalue weighted by Gasteiger charge is 2.37. The van der Waals surface area contributed by atoms with Crippen LogP contribution in [0, 0.1) is 0 Å². The van der Waals surface area contributed by atoms with Crippen molar-refractivity contribution in [2.45, 2.75) is 12.3 Å². The minimum atomic E-state index is -0.609. The van der Waals surface area contributed by atoms with Crippen molar-refractivity contribution in [2.24, 2.45) is 0 Å². The van der Waals surface area contributed by atoms with Crippen molar-refractivity contribution in [3.8, 4) is 11.5 Å². The van der Waals surface area contributed by atoms with E-state index in [1.54, 1.807) is 60.7 Å². The molecule has 0 saturated carbocycles. The molecule has 0 bridgehead atoms. The van der Waals surface area contributed by atoms with Crippen LogP contribution in [0.5, 0.6) is 11.5 Å². The Labute approximate surface area is 191 Å². The Morgan fingerprint density at radius 2 is 0.939 bits per heavy atom. The van der Waals surface area contributed by atoms with E-state index >= 15 is 0 Å². The maximum atomic E-state index is 12.9. The zero-order valence-electron chi connectivity index (χ0n) is 17.9. The number of amides is 2. The van der Waals surface area contributed by atoms with E-state index in [-0.39, 0.29) is 23.3 Å². The molecule has 1 aliphatic rings. The third kappa shape index (κ3) is 3.26. The molecule has 4 aromatic rings. The molecule has 0 fully saturated rings. The van der Waals surface area contributed by atoms with Crippen LogP contribution in [0.25, 0.3) is 0 Å². The third-order valence-electron chi connectivity index (χ3n) is 6.39. The zero-order chi connectivity index (χ0) is 23.2. The fourth-order valence-electron chi connectivity index (χ4n) is 4.46. The predicted octanol–water partition coefficient (Wildman–Crippen LogP) is 5.25. The van der Waals surface area contributed by atoms with Crippen LogP contribution in [0.1, 0.15) is 44.3 Å². The first-order valence-corrected chi connectivity index (χ1v) is 10.6. The molecule has 0 radical (unpaired) electrons. The van der Waals surface area contributed by atoms with E-state index in [1.165, 1.54) is 4.90 Å². The van der Waals surface area contributed by atoms with E-state index in [0.29, 0.717) is 16.8 Å². The average molecular weight is 435 g/mol. The first-order chi connectivity index (χ1) is 15.9. The minimum Gasteiger partial charge on any atom is -0.508 e. The molecule has 33 heavy (non-hydrogen) atoms. The average Bonchev–Trinajstić information content (AvgIpc) is 3.10. The molecule has 4 aromatic carbocycles. The van der Waals surface area contributed by atoms with Crippen LogP contribution >= 0.6 is 0 Å².